The molecule has 0 atom stereocenters. The molecule has 3 N–H and O–H groups in total. The highest BCUT2D eigenvalue weighted by molar-refractivity contribution is 6.30. The molecule has 1 saturated heterocycles. The van der Waals surface area contributed by atoms with Gasteiger partial charge < -0.3 is 20.7 Å². The van der Waals surface area contributed by atoms with Crippen molar-refractivity contribution in [3.8, 4) is 5.75 Å². The smallest absolute Gasteiger partial charge is 0.248 e. The Morgan fingerprint density at radius 2 is 2.00 bits per heavy atom. The summed E-state index contributed by atoms with van der Waals surface area (Å²) < 4.78 is 5.82. The molecule has 2 aromatic carbocycles. The summed E-state index contributed by atoms with van der Waals surface area (Å²) in [5, 5.41) is 3.90. The van der Waals surface area contributed by atoms with Crippen molar-refractivity contribution < 1.29 is 9.53 Å². The lowest BCUT2D eigenvalue weighted by Gasteiger charge is -2.39. The molecule has 1 aliphatic heterocycles. The van der Waals surface area contributed by atoms with Crippen molar-refractivity contribution in [3.05, 3.63) is 76.9 Å². The van der Waals surface area contributed by atoms with Crippen LogP contribution in [0.15, 0.2) is 60.8 Å². The van der Waals surface area contributed by atoms with E-state index in [0.29, 0.717) is 35.6 Å². The predicted molar refractivity (Wildman–Crippen MR) is 117 cm³/mol. The van der Waals surface area contributed by atoms with Crippen LogP contribution in [0.2, 0.25) is 5.02 Å². The lowest BCUT2D eigenvalue weighted by atomic mass is 10.0. The van der Waals surface area contributed by atoms with Crippen molar-refractivity contribution in [2.45, 2.75) is 6.54 Å². The van der Waals surface area contributed by atoms with Crippen molar-refractivity contribution >= 4 is 29.3 Å². The van der Waals surface area contributed by atoms with Gasteiger partial charge in [-0.05, 0) is 48.0 Å². The van der Waals surface area contributed by atoms with E-state index < -0.39 is 5.91 Å². The summed E-state index contributed by atoms with van der Waals surface area (Å²) in [5.74, 6) is 2.25. The number of nitrogens with two attached hydrogens (primary N) is 1. The van der Waals surface area contributed by atoms with Gasteiger partial charge in [-0.15, -0.1) is 0 Å². The highest BCUT2D eigenvalue weighted by Gasteiger charge is 2.28. The number of benzene rings is 2. The third-order valence-electron chi connectivity index (χ3n) is 4.88. The van der Waals surface area contributed by atoms with Gasteiger partial charge in [0.1, 0.15) is 11.6 Å². The minimum absolute atomic E-state index is 0.442. The highest BCUT2D eigenvalue weighted by atomic mass is 35.5. The van der Waals surface area contributed by atoms with Crippen LogP contribution in [-0.2, 0) is 6.54 Å². The van der Waals surface area contributed by atoms with E-state index in [9.17, 15) is 4.79 Å². The number of rotatable bonds is 8. The second-order valence-corrected chi connectivity index (χ2v) is 7.63. The van der Waals surface area contributed by atoms with Gasteiger partial charge in [0, 0.05) is 42.3 Å². The zero-order valence-corrected chi connectivity index (χ0v) is 17.0. The summed E-state index contributed by atoms with van der Waals surface area (Å²) in [5.41, 5.74) is 6.75. The highest BCUT2D eigenvalue weighted by Crippen LogP contribution is 2.24. The predicted octanol–water partition coefficient (Wildman–Crippen LogP) is 3.36. The van der Waals surface area contributed by atoms with Gasteiger partial charge in [0.05, 0.1) is 6.61 Å². The van der Waals surface area contributed by atoms with Gasteiger partial charge in [-0.3, -0.25) is 4.79 Å². The van der Waals surface area contributed by atoms with Crippen LogP contribution in [0.1, 0.15) is 15.9 Å². The molecule has 0 radical (unpaired) electrons. The van der Waals surface area contributed by atoms with Crippen molar-refractivity contribution in [1.82, 2.24) is 9.97 Å². The monoisotopic (exact) mass is 423 g/mol. The normalized spacial score (nSPS) is 13.6. The van der Waals surface area contributed by atoms with E-state index in [1.54, 1.807) is 24.4 Å². The Labute approximate surface area is 179 Å². The Bertz CT molecular complexity index is 1020. The Balaban J connectivity index is 1.27. The average Bonchev–Trinajstić information content (AvgIpc) is 2.73. The molecule has 1 amide bonds. The fourth-order valence-electron chi connectivity index (χ4n) is 3.23. The molecule has 1 fully saturated rings. The number of aromatic nitrogens is 2. The van der Waals surface area contributed by atoms with Crippen LogP contribution in [0.25, 0.3) is 0 Å². The second-order valence-electron chi connectivity index (χ2n) is 7.19. The standard InChI is InChI=1S/C22H22ClN5O2/c23-18-4-6-19(7-5-18)30-14-16-12-28(13-16)20-8-9-25-22(27-20)26-11-15-2-1-3-17(10-15)21(24)29/h1-10,16H,11-14H2,(H2,24,29)(H,25,26,27). The Morgan fingerprint density at radius 3 is 2.77 bits per heavy atom. The minimum atomic E-state index is -0.442. The number of nitrogens with one attached hydrogen (secondary N) is 1. The van der Waals surface area contributed by atoms with E-state index in [2.05, 4.69) is 20.2 Å². The molecule has 2 heterocycles. The number of halogens is 1. The van der Waals surface area contributed by atoms with Crippen LogP contribution >= 0.6 is 11.6 Å². The van der Waals surface area contributed by atoms with Crippen LogP contribution < -0.4 is 20.7 Å². The summed E-state index contributed by atoms with van der Waals surface area (Å²) in [4.78, 5) is 22.4. The molecule has 1 aromatic heterocycles. The number of anilines is 2. The fraction of sp³-hybridized carbons (Fsp3) is 0.227. The first-order valence-electron chi connectivity index (χ1n) is 9.66. The number of hydrogen-bond donors (Lipinski definition) is 2. The molecule has 154 valence electrons. The third kappa shape index (κ3) is 4.99. The molecule has 8 heteroatoms. The third-order valence-corrected chi connectivity index (χ3v) is 5.14. The molecular formula is C22H22ClN5O2. The topological polar surface area (TPSA) is 93.4 Å². The van der Waals surface area contributed by atoms with Crippen molar-refractivity contribution in [2.24, 2.45) is 11.7 Å². The van der Waals surface area contributed by atoms with Gasteiger partial charge in [0.15, 0.2) is 0 Å². The summed E-state index contributed by atoms with van der Waals surface area (Å²) in [7, 11) is 0. The lowest BCUT2D eigenvalue weighted by Crippen LogP contribution is -2.49. The van der Waals surface area contributed by atoms with E-state index in [1.807, 2.05) is 36.4 Å². The van der Waals surface area contributed by atoms with E-state index in [4.69, 9.17) is 22.1 Å². The Morgan fingerprint density at radius 1 is 1.20 bits per heavy atom. The molecule has 1 aliphatic rings. The SMILES string of the molecule is NC(=O)c1cccc(CNc2nccc(N3CC(COc4ccc(Cl)cc4)C3)n2)c1. The minimum Gasteiger partial charge on any atom is -0.493 e. The van der Waals surface area contributed by atoms with Gasteiger partial charge in [0.2, 0.25) is 11.9 Å². The Hall–Kier alpha value is -3.32. The van der Waals surface area contributed by atoms with Gasteiger partial charge in [0.25, 0.3) is 0 Å². The summed E-state index contributed by atoms with van der Waals surface area (Å²) in [6.45, 7) is 2.92. The van der Waals surface area contributed by atoms with Crippen molar-refractivity contribution in [3.63, 3.8) is 0 Å². The number of primary amides is 1. The zero-order valence-electron chi connectivity index (χ0n) is 16.3. The van der Waals surface area contributed by atoms with Crippen LogP contribution in [0.5, 0.6) is 5.75 Å². The molecule has 3 aromatic rings. The first-order valence-corrected chi connectivity index (χ1v) is 10.0. The molecule has 0 aliphatic carbocycles. The first kappa shape index (κ1) is 20.0. The molecular weight excluding hydrogens is 402 g/mol. The molecule has 0 bridgehead atoms. The number of amides is 1. The largest absolute Gasteiger partial charge is 0.493 e. The molecule has 0 unspecified atom stereocenters. The van der Waals surface area contributed by atoms with E-state index in [1.165, 1.54) is 0 Å². The Kier molecular flexibility index (Phi) is 5.99. The molecule has 0 spiro atoms. The molecule has 4 rings (SSSR count). The maximum atomic E-state index is 11.3. The van der Waals surface area contributed by atoms with Crippen LogP contribution in [0, 0.1) is 5.92 Å². The number of carbonyl (C=O) groups is 1. The van der Waals surface area contributed by atoms with Gasteiger partial charge >= 0.3 is 0 Å². The van der Waals surface area contributed by atoms with E-state index >= 15 is 0 Å². The molecule has 30 heavy (non-hydrogen) atoms. The van der Waals surface area contributed by atoms with Crippen molar-refractivity contribution in [2.75, 3.05) is 29.9 Å². The van der Waals surface area contributed by atoms with E-state index in [0.717, 1.165) is 30.2 Å². The first-order chi connectivity index (χ1) is 14.6. The second kappa shape index (κ2) is 9.00. The van der Waals surface area contributed by atoms with Crippen molar-refractivity contribution in [1.29, 1.82) is 0 Å². The number of nitrogens with zero attached hydrogens (tertiary/aromatic N) is 3. The summed E-state index contributed by atoms with van der Waals surface area (Å²) in [6.07, 6.45) is 1.74. The summed E-state index contributed by atoms with van der Waals surface area (Å²) in [6, 6.07) is 16.5. The number of hydrogen-bond acceptors (Lipinski definition) is 6. The zero-order chi connectivity index (χ0) is 20.9. The van der Waals surface area contributed by atoms with Crippen LogP contribution in [-0.4, -0.2) is 35.6 Å². The fourth-order valence-corrected chi connectivity index (χ4v) is 3.36. The van der Waals surface area contributed by atoms with Crippen LogP contribution in [0.4, 0.5) is 11.8 Å². The average molecular weight is 424 g/mol. The number of ether oxygens (including phenoxy) is 1. The van der Waals surface area contributed by atoms with Gasteiger partial charge in [-0.2, -0.15) is 4.98 Å². The number of carbonyl (C=O) groups excluding carboxylic acids is 1. The maximum absolute atomic E-state index is 11.3. The van der Waals surface area contributed by atoms with Gasteiger partial charge in [-0.25, -0.2) is 4.98 Å². The quantitative estimate of drug-likeness (QED) is 0.577. The van der Waals surface area contributed by atoms with Crippen LogP contribution in [0.3, 0.4) is 0 Å². The summed E-state index contributed by atoms with van der Waals surface area (Å²) >= 11 is 5.89. The molecule has 7 nitrogen and oxygen atoms in total. The van der Waals surface area contributed by atoms with E-state index in [-0.39, 0.29) is 0 Å². The van der Waals surface area contributed by atoms with Gasteiger partial charge in [-0.1, -0.05) is 23.7 Å². The molecule has 0 saturated carbocycles. The lowest BCUT2D eigenvalue weighted by molar-refractivity contribution is 0.1000. The maximum Gasteiger partial charge on any atom is 0.248 e.